The Balaban J connectivity index is 2.61. The largest absolute Gasteiger partial charge is 0.383 e. The average molecular weight is 268 g/mol. The van der Waals surface area contributed by atoms with E-state index in [1.54, 1.807) is 18.2 Å². The van der Waals surface area contributed by atoms with E-state index in [1.165, 1.54) is 0 Å². The highest BCUT2D eigenvalue weighted by Gasteiger charge is 2.16. The van der Waals surface area contributed by atoms with E-state index in [2.05, 4.69) is 17.2 Å². The summed E-state index contributed by atoms with van der Waals surface area (Å²) < 4.78 is 6.94. The first-order valence-electron chi connectivity index (χ1n) is 6.59. The molecule has 0 saturated carbocycles. The van der Waals surface area contributed by atoms with Crippen LogP contribution >= 0.6 is 0 Å². The maximum atomic E-state index is 12.2. The Bertz CT molecular complexity index is 392. The highest BCUT2D eigenvalue weighted by molar-refractivity contribution is 5.74. The maximum absolute atomic E-state index is 12.2. The molecule has 108 valence electrons. The lowest BCUT2D eigenvalue weighted by Crippen LogP contribution is -2.45. The second kappa shape index (κ2) is 7.78. The molecule has 1 N–H and O–H groups in total. The number of aryl methyl sites for hydroxylation is 1. The Morgan fingerprint density at radius 2 is 2.37 bits per heavy atom. The lowest BCUT2D eigenvalue weighted by Gasteiger charge is -2.24. The van der Waals surface area contributed by atoms with Gasteiger partial charge in [0, 0.05) is 33.1 Å². The van der Waals surface area contributed by atoms with Gasteiger partial charge in [-0.3, -0.25) is 0 Å². The molecule has 6 heteroatoms. The summed E-state index contributed by atoms with van der Waals surface area (Å²) in [7, 11) is 3.55. The maximum Gasteiger partial charge on any atom is 0.318 e. The van der Waals surface area contributed by atoms with Crippen LogP contribution in [-0.2, 0) is 18.3 Å². The van der Waals surface area contributed by atoms with Crippen LogP contribution in [0.1, 0.15) is 26.1 Å². The molecule has 1 atom stereocenters. The number of urea groups is 1. The Labute approximate surface area is 114 Å². The van der Waals surface area contributed by atoms with E-state index in [4.69, 9.17) is 4.74 Å². The van der Waals surface area contributed by atoms with Crippen molar-refractivity contribution in [3.05, 3.63) is 18.2 Å². The Morgan fingerprint density at radius 1 is 1.63 bits per heavy atom. The summed E-state index contributed by atoms with van der Waals surface area (Å²) in [5.41, 5.74) is 0. The van der Waals surface area contributed by atoms with Crippen molar-refractivity contribution in [1.82, 2.24) is 19.8 Å². The zero-order chi connectivity index (χ0) is 14.3. The number of methoxy groups -OCH3 is 1. The summed E-state index contributed by atoms with van der Waals surface area (Å²) in [4.78, 5) is 18.2. The minimum absolute atomic E-state index is 0.00164. The van der Waals surface area contributed by atoms with E-state index in [0.29, 0.717) is 19.7 Å². The highest BCUT2D eigenvalue weighted by Crippen LogP contribution is 2.03. The molecule has 6 nitrogen and oxygen atoms in total. The van der Waals surface area contributed by atoms with E-state index < -0.39 is 0 Å². The monoisotopic (exact) mass is 268 g/mol. The van der Waals surface area contributed by atoms with Crippen molar-refractivity contribution in [2.45, 2.75) is 32.9 Å². The fourth-order valence-electron chi connectivity index (χ4n) is 1.84. The van der Waals surface area contributed by atoms with E-state index in [0.717, 1.165) is 12.2 Å². The third-order valence-electron chi connectivity index (χ3n) is 2.82. The smallest absolute Gasteiger partial charge is 0.318 e. The predicted octanol–water partition coefficient (Wildman–Crippen LogP) is 1.38. The van der Waals surface area contributed by atoms with Gasteiger partial charge in [0.15, 0.2) is 0 Å². The summed E-state index contributed by atoms with van der Waals surface area (Å²) in [5, 5.41) is 2.92. The molecule has 0 aliphatic carbocycles. The SMILES string of the molecule is CCCN(Cc1nccn1C)C(=O)NC(C)COC. The Morgan fingerprint density at radius 3 is 2.89 bits per heavy atom. The van der Waals surface area contributed by atoms with Crippen LogP contribution in [0.4, 0.5) is 4.79 Å². The van der Waals surface area contributed by atoms with Crippen molar-refractivity contribution in [2.75, 3.05) is 20.3 Å². The summed E-state index contributed by atoms with van der Waals surface area (Å²) in [6.45, 7) is 5.71. The number of nitrogens with zero attached hydrogens (tertiary/aromatic N) is 3. The first kappa shape index (κ1) is 15.5. The van der Waals surface area contributed by atoms with E-state index in [-0.39, 0.29) is 12.1 Å². The van der Waals surface area contributed by atoms with Gasteiger partial charge in [0.2, 0.25) is 0 Å². The van der Waals surface area contributed by atoms with Gasteiger partial charge in [-0.05, 0) is 13.3 Å². The normalized spacial score (nSPS) is 12.2. The van der Waals surface area contributed by atoms with Gasteiger partial charge in [-0.25, -0.2) is 9.78 Å². The van der Waals surface area contributed by atoms with Gasteiger partial charge in [0.25, 0.3) is 0 Å². The van der Waals surface area contributed by atoms with E-state index >= 15 is 0 Å². The summed E-state index contributed by atoms with van der Waals surface area (Å²) in [6, 6.07) is -0.0763. The number of hydrogen-bond acceptors (Lipinski definition) is 3. The van der Waals surface area contributed by atoms with Crippen LogP contribution in [0.2, 0.25) is 0 Å². The average Bonchev–Trinajstić information content (AvgIpc) is 2.74. The van der Waals surface area contributed by atoms with Gasteiger partial charge < -0.3 is 19.5 Å². The van der Waals surface area contributed by atoms with Crippen LogP contribution in [0.3, 0.4) is 0 Å². The number of amides is 2. The van der Waals surface area contributed by atoms with Gasteiger partial charge in [-0.15, -0.1) is 0 Å². The number of carbonyl (C=O) groups excluding carboxylic acids is 1. The molecule has 1 aromatic rings. The number of carbonyl (C=O) groups is 1. The number of hydrogen-bond donors (Lipinski definition) is 1. The molecule has 0 aromatic carbocycles. The summed E-state index contributed by atoms with van der Waals surface area (Å²) >= 11 is 0. The van der Waals surface area contributed by atoms with Gasteiger partial charge in [-0.2, -0.15) is 0 Å². The number of ether oxygens (including phenoxy) is 1. The molecule has 1 aromatic heterocycles. The molecule has 1 rings (SSSR count). The third-order valence-corrected chi connectivity index (χ3v) is 2.82. The third kappa shape index (κ3) is 4.90. The van der Waals surface area contributed by atoms with Crippen molar-refractivity contribution < 1.29 is 9.53 Å². The number of imidazole rings is 1. The van der Waals surface area contributed by atoms with Crippen LogP contribution < -0.4 is 5.32 Å². The number of aromatic nitrogens is 2. The van der Waals surface area contributed by atoms with Gasteiger partial charge >= 0.3 is 6.03 Å². The molecule has 1 unspecified atom stereocenters. The van der Waals surface area contributed by atoms with Crippen LogP contribution in [0.5, 0.6) is 0 Å². The number of rotatable bonds is 7. The summed E-state index contributed by atoms with van der Waals surface area (Å²) in [5.74, 6) is 0.878. The predicted molar refractivity (Wildman–Crippen MR) is 73.8 cm³/mol. The standard InChI is InChI=1S/C13H24N4O2/c1-5-7-17(9-12-14-6-8-16(12)3)13(18)15-11(2)10-19-4/h6,8,11H,5,7,9-10H2,1-4H3,(H,15,18). The highest BCUT2D eigenvalue weighted by atomic mass is 16.5. The van der Waals surface area contributed by atoms with Crippen molar-refractivity contribution >= 4 is 6.03 Å². The van der Waals surface area contributed by atoms with E-state index in [9.17, 15) is 4.79 Å². The molecular formula is C13H24N4O2. The second-order valence-electron chi connectivity index (χ2n) is 4.68. The first-order valence-corrected chi connectivity index (χ1v) is 6.59. The molecular weight excluding hydrogens is 244 g/mol. The van der Waals surface area contributed by atoms with Gasteiger partial charge in [0.1, 0.15) is 5.82 Å². The fourth-order valence-corrected chi connectivity index (χ4v) is 1.84. The van der Waals surface area contributed by atoms with Crippen LogP contribution in [-0.4, -0.2) is 46.8 Å². The zero-order valence-corrected chi connectivity index (χ0v) is 12.2. The molecule has 0 spiro atoms. The molecule has 0 bridgehead atoms. The van der Waals surface area contributed by atoms with Crippen LogP contribution in [0.25, 0.3) is 0 Å². The molecule has 0 fully saturated rings. The van der Waals surface area contributed by atoms with Crippen LogP contribution in [0.15, 0.2) is 12.4 Å². The number of nitrogens with one attached hydrogen (secondary N) is 1. The van der Waals surface area contributed by atoms with Crippen molar-refractivity contribution in [3.63, 3.8) is 0 Å². The minimum Gasteiger partial charge on any atom is -0.383 e. The molecule has 0 aliphatic rings. The van der Waals surface area contributed by atoms with Gasteiger partial charge in [-0.1, -0.05) is 6.92 Å². The molecule has 0 radical (unpaired) electrons. The van der Waals surface area contributed by atoms with Crippen molar-refractivity contribution in [2.24, 2.45) is 7.05 Å². The first-order chi connectivity index (χ1) is 9.08. The fraction of sp³-hybridized carbons (Fsp3) is 0.692. The Kier molecular flexibility index (Phi) is 6.35. The van der Waals surface area contributed by atoms with Gasteiger partial charge in [0.05, 0.1) is 19.2 Å². The molecule has 1 heterocycles. The zero-order valence-electron chi connectivity index (χ0n) is 12.2. The van der Waals surface area contributed by atoms with Crippen LogP contribution in [0, 0.1) is 0 Å². The molecule has 0 saturated heterocycles. The second-order valence-corrected chi connectivity index (χ2v) is 4.68. The minimum atomic E-state index is -0.0746. The van der Waals surface area contributed by atoms with E-state index in [1.807, 2.05) is 24.7 Å². The van der Waals surface area contributed by atoms with Crippen molar-refractivity contribution in [3.8, 4) is 0 Å². The lowest BCUT2D eigenvalue weighted by molar-refractivity contribution is 0.157. The summed E-state index contributed by atoms with van der Waals surface area (Å²) in [6.07, 6.45) is 4.53. The molecule has 19 heavy (non-hydrogen) atoms. The lowest BCUT2D eigenvalue weighted by atomic mass is 10.3. The molecule has 2 amide bonds. The van der Waals surface area contributed by atoms with Crippen molar-refractivity contribution in [1.29, 1.82) is 0 Å². The quantitative estimate of drug-likeness (QED) is 0.812. The Hall–Kier alpha value is -1.56. The topological polar surface area (TPSA) is 59.4 Å². The molecule has 0 aliphatic heterocycles.